The lowest BCUT2D eigenvalue weighted by molar-refractivity contribution is -0.119. The molecule has 19 heavy (non-hydrogen) atoms. The lowest BCUT2D eigenvalue weighted by Crippen LogP contribution is -2.27. The minimum absolute atomic E-state index is 0.0548. The highest BCUT2D eigenvalue weighted by Crippen LogP contribution is 2.38. The van der Waals surface area contributed by atoms with Crippen molar-refractivity contribution in [3.8, 4) is 0 Å². The molecule has 3 nitrogen and oxygen atoms in total. The fourth-order valence-electron chi connectivity index (χ4n) is 2.50. The molecule has 1 heterocycles. The zero-order chi connectivity index (χ0) is 14.2. The molecule has 1 atom stereocenters. The third-order valence-electron chi connectivity index (χ3n) is 4.02. The number of nitrogens with two attached hydrogens (primary N) is 1. The second-order valence-corrected chi connectivity index (χ2v) is 6.46. The molecule has 0 bridgehead atoms. The number of benzene rings is 1. The molecule has 0 aliphatic carbocycles. The van der Waals surface area contributed by atoms with E-state index in [1.54, 1.807) is 0 Å². The van der Waals surface area contributed by atoms with E-state index in [4.69, 9.17) is 5.73 Å². The van der Waals surface area contributed by atoms with Gasteiger partial charge in [0.25, 0.3) is 0 Å². The molecule has 0 radical (unpaired) electrons. The standard InChI is InChI=1S/C16H24N2O/c1-10(2)5-7-13(17)11-6-8-14-12(9-11)16(3,4)15(19)18-14/h6,8-10,13H,5,7,17H2,1-4H3,(H,18,19). The van der Waals surface area contributed by atoms with Crippen LogP contribution in [-0.2, 0) is 10.2 Å². The molecule has 1 aromatic rings. The van der Waals surface area contributed by atoms with E-state index < -0.39 is 5.41 Å². The van der Waals surface area contributed by atoms with E-state index in [0.29, 0.717) is 5.92 Å². The molecule has 1 unspecified atom stereocenters. The summed E-state index contributed by atoms with van der Waals surface area (Å²) in [6.07, 6.45) is 2.11. The Morgan fingerprint density at radius 3 is 2.58 bits per heavy atom. The maximum Gasteiger partial charge on any atom is 0.234 e. The van der Waals surface area contributed by atoms with Crippen LogP contribution < -0.4 is 11.1 Å². The van der Waals surface area contributed by atoms with E-state index in [-0.39, 0.29) is 11.9 Å². The number of carbonyl (C=O) groups is 1. The maximum absolute atomic E-state index is 11.9. The molecule has 0 aromatic heterocycles. The van der Waals surface area contributed by atoms with Crippen molar-refractivity contribution in [1.82, 2.24) is 0 Å². The van der Waals surface area contributed by atoms with Crippen molar-refractivity contribution in [2.45, 2.75) is 52.0 Å². The summed E-state index contributed by atoms with van der Waals surface area (Å²) in [4.78, 5) is 11.9. The van der Waals surface area contributed by atoms with Gasteiger partial charge in [-0.3, -0.25) is 4.79 Å². The molecule has 3 heteroatoms. The molecule has 0 fully saturated rings. The number of amides is 1. The van der Waals surface area contributed by atoms with Crippen LogP contribution in [0.2, 0.25) is 0 Å². The number of anilines is 1. The van der Waals surface area contributed by atoms with Crippen LogP contribution in [0.4, 0.5) is 5.69 Å². The second-order valence-electron chi connectivity index (χ2n) is 6.46. The van der Waals surface area contributed by atoms with Gasteiger partial charge in [0.15, 0.2) is 0 Å². The Labute approximate surface area is 115 Å². The summed E-state index contributed by atoms with van der Waals surface area (Å²) in [5.74, 6) is 0.732. The summed E-state index contributed by atoms with van der Waals surface area (Å²) in [7, 11) is 0. The number of nitrogens with one attached hydrogen (secondary N) is 1. The van der Waals surface area contributed by atoms with Gasteiger partial charge >= 0.3 is 0 Å². The van der Waals surface area contributed by atoms with Crippen LogP contribution in [0.15, 0.2) is 18.2 Å². The van der Waals surface area contributed by atoms with Crippen LogP contribution in [0.1, 0.15) is 57.7 Å². The number of hydrogen-bond donors (Lipinski definition) is 2. The topological polar surface area (TPSA) is 55.1 Å². The van der Waals surface area contributed by atoms with Gasteiger partial charge < -0.3 is 11.1 Å². The first-order valence-electron chi connectivity index (χ1n) is 7.04. The Bertz CT molecular complexity index is 492. The highest BCUT2D eigenvalue weighted by molar-refractivity contribution is 6.05. The van der Waals surface area contributed by atoms with Gasteiger partial charge in [-0.05, 0) is 49.8 Å². The monoisotopic (exact) mass is 260 g/mol. The first-order valence-corrected chi connectivity index (χ1v) is 7.04. The number of hydrogen-bond acceptors (Lipinski definition) is 2. The summed E-state index contributed by atoms with van der Waals surface area (Å²) >= 11 is 0. The molecular weight excluding hydrogens is 236 g/mol. The van der Waals surface area contributed by atoms with Gasteiger partial charge in [0, 0.05) is 11.7 Å². The van der Waals surface area contributed by atoms with Gasteiger partial charge in [-0.15, -0.1) is 0 Å². The summed E-state index contributed by atoms with van der Waals surface area (Å²) < 4.78 is 0. The molecule has 104 valence electrons. The zero-order valence-electron chi connectivity index (χ0n) is 12.3. The van der Waals surface area contributed by atoms with E-state index >= 15 is 0 Å². The molecule has 0 saturated heterocycles. The third kappa shape index (κ3) is 2.66. The van der Waals surface area contributed by atoms with Crippen LogP contribution in [0.5, 0.6) is 0 Å². The highest BCUT2D eigenvalue weighted by Gasteiger charge is 2.38. The van der Waals surface area contributed by atoms with Crippen LogP contribution in [-0.4, -0.2) is 5.91 Å². The summed E-state index contributed by atoms with van der Waals surface area (Å²) in [5.41, 5.74) is 8.92. The summed E-state index contributed by atoms with van der Waals surface area (Å²) in [6.45, 7) is 8.33. The van der Waals surface area contributed by atoms with Crippen LogP contribution in [0, 0.1) is 5.92 Å². The molecule has 1 aliphatic rings. The molecule has 1 aromatic carbocycles. The van der Waals surface area contributed by atoms with E-state index in [2.05, 4.69) is 25.2 Å². The van der Waals surface area contributed by atoms with Gasteiger partial charge in [-0.25, -0.2) is 0 Å². The SMILES string of the molecule is CC(C)CCC(N)c1ccc2c(c1)C(C)(C)C(=O)N2. The molecule has 1 aliphatic heterocycles. The quantitative estimate of drug-likeness (QED) is 0.872. The van der Waals surface area contributed by atoms with Crippen LogP contribution in [0.3, 0.4) is 0 Å². The lowest BCUT2D eigenvalue weighted by Gasteiger charge is -2.18. The van der Waals surface area contributed by atoms with Crippen LogP contribution in [0.25, 0.3) is 0 Å². The summed E-state index contributed by atoms with van der Waals surface area (Å²) in [6, 6.07) is 6.16. The average molecular weight is 260 g/mol. The van der Waals surface area contributed by atoms with Gasteiger partial charge in [0.05, 0.1) is 5.41 Å². The second kappa shape index (κ2) is 4.97. The van der Waals surface area contributed by atoms with Crippen molar-refractivity contribution in [2.75, 3.05) is 5.32 Å². The van der Waals surface area contributed by atoms with Gasteiger partial charge in [0.2, 0.25) is 5.91 Å². The van der Waals surface area contributed by atoms with Crippen molar-refractivity contribution < 1.29 is 4.79 Å². The normalized spacial score (nSPS) is 18.3. The molecule has 0 spiro atoms. The smallest absolute Gasteiger partial charge is 0.234 e. The third-order valence-corrected chi connectivity index (χ3v) is 4.02. The average Bonchev–Trinajstić information content (AvgIpc) is 2.57. The van der Waals surface area contributed by atoms with Crippen molar-refractivity contribution in [3.05, 3.63) is 29.3 Å². The first kappa shape index (κ1) is 14.1. The maximum atomic E-state index is 11.9. The Morgan fingerprint density at radius 2 is 1.95 bits per heavy atom. The van der Waals surface area contributed by atoms with Crippen molar-refractivity contribution >= 4 is 11.6 Å². The van der Waals surface area contributed by atoms with Crippen molar-refractivity contribution in [3.63, 3.8) is 0 Å². The van der Waals surface area contributed by atoms with E-state index in [1.165, 1.54) is 0 Å². The first-order chi connectivity index (χ1) is 8.82. The van der Waals surface area contributed by atoms with Gasteiger partial charge in [-0.2, -0.15) is 0 Å². The minimum Gasteiger partial charge on any atom is -0.325 e. The Kier molecular flexibility index (Phi) is 3.68. The fraction of sp³-hybridized carbons (Fsp3) is 0.562. The molecule has 2 rings (SSSR count). The molecular formula is C16H24N2O. The summed E-state index contributed by atoms with van der Waals surface area (Å²) in [5, 5.41) is 2.92. The lowest BCUT2D eigenvalue weighted by atomic mass is 9.84. The van der Waals surface area contributed by atoms with Crippen molar-refractivity contribution in [1.29, 1.82) is 0 Å². The highest BCUT2D eigenvalue weighted by atomic mass is 16.2. The van der Waals surface area contributed by atoms with Crippen molar-refractivity contribution in [2.24, 2.45) is 11.7 Å². The Morgan fingerprint density at radius 1 is 1.26 bits per heavy atom. The van der Waals surface area contributed by atoms with E-state index in [1.807, 2.05) is 26.0 Å². The number of carbonyl (C=O) groups excluding carboxylic acids is 1. The predicted octanol–water partition coefficient (Wildman–Crippen LogP) is 3.35. The fourth-order valence-corrected chi connectivity index (χ4v) is 2.50. The van der Waals surface area contributed by atoms with E-state index in [9.17, 15) is 4.79 Å². The largest absolute Gasteiger partial charge is 0.325 e. The minimum atomic E-state index is -0.455. The van der Waals surface area contributed by atoms with E-state index in [0.717, 1.165) is 29.7 Å². The van der Waals surface area contributed by atoms with Crippen LogP contribution >= 0.6 is 0 Å². The predicted molar refractivity (Wildman–Crippen MR) is 79.1 cm³/mol. The Hall–Kier alpha value is -1.35. The van der Waals surface area contributed by atoms with Gasteiger partial charge in [-0.1, -0.05) is 26.0 Å². The molecule has 1 amide bonds. The molecule has 3 N–H and O–H groups in total. The Balaban J connectivity index is 2.23. The zero-order valence-corrected chi connectivity index (χ0v) is 12.3. The van der Waals surface area contributed by atoms with Gasteiger partial charge in [0.1, 0.15) is 0 Å². The number of rotatable bonds is 4. The number of fused-ring (bicyclic) bond motifs is 1. The molecule has 0 saturated carbocycles.